The number of rotatable bonds is 12. The molecule has 2 aromatic carbocycles. The van der Waals surface area contributed by atoms with Crippen LogP contribution >= 0.6 is 0 Å². The fraction of sp³-hybridized carbons (Fsp3) is 0.234. The highest BCUT2D eigenvalue weighted by Gasteiger charge is 2.24. The summed E-state index contributed by atoms with van der Waals surface area (Å²) in [5.41, 5.74) is 19.2. The fourth-order valence-electron chi connectivity index (χ4n) is 6.31. The van der Waals surface area contributed by atoms with Crippen molar-refractivity contribution >= 4 is 11.6 Å². The minimum atomic E-state index is -0.732. The standard InChI is InChI=1S/C24H23N7O.C23H22N8O/c1-4-5-15-6-8-16(9-7-15)22-30-31-23(32-22)20-21(26)28-13-18(29-20)17-10-11-27-19(12-17)24(2,3)14-25;1-23(2,13-24)18-10-16(8-9-27-18)17-12-28-20(25)19(29-17)22-31-30-21(32-22)15-6-4-14(5-7-15)11-26-3/h6-13H,4-5H2,1-3H3,(H2,26,28);4-10,12,26H,11H2,1-3H3,(H2,25,28). The molecule has 0 aliphatic rings. The first-order valence-corrected chi connectivity index (χ1v) is 20.3. The lowest BCUT2D eigenvalue weighted by Crippen LogP contribution is -2.15. The number of hydrogen-bond donors (Lipinski definition) is 3. The number of nitrogen functional groups attached to an aromatic ring is 2. The Morgan fingerprint density at radius 3 is 1.41 bits per heavy atom. The molecule has 6 aromatic heterocycles. The smallest absolute Gasteiger partial charge is 0.270 e. The Labute approximate surface area is 369 Å². The van der Waals surface area contributed by atoms with Gasteiger partial charge in [-0.3, -0.25) is 9.97 Å². The summed E-state index contributed by atoms with van der Waals surface area (Å²) in [6, 6.07) is 27.6. The summed E-state index contributed by atoms with van der Waals surface area (Å²) >= 11 is 0. The molecule has 0 aliphatic carbocycles. The van der Waals surface area contributed by atoms with Gasteiger partial charge in [-0.15, -0.1) is 20.4 Å². The van der Waals surface area contributed by atoms with Gasteiger partial charge in [0.15, 0.2) is 23.0 Å². The molecule has 64 heavy (non-hydrogen) atoms. The summed E-state index contributed by atoms with van der Waals surface area (Å²) in [7, 11) is 1.90. The van der Waals surface area contributed by atoms with Crippen molar-refractivity contribution < 1.29 is 8.83 Å². The van der Waals surface area contributed by atoms with Gasteiger partial charge in [-0.1, -0.05) is 37.6 Å². The van der Waals surface area contributed by atoms with Crippen LogP contribution in [0.25, 0.3) is 68.6 Å². The number of nitrogens with one attached hydrogen (secondary N) is 1. The molecule has 0 fully saturated rings. The molecule has 0 saturated heterocycles. The number of aryl methyl sites for hydroxylation is 1. The SMILES string of the molecule is CCCc1ccc(-c2nnc(-c3nc(-c4ccnc(C(C)(C)C#N)c4)cnc3N)o2)cc1.CNCc1ccc(-c2nnc(-c3nc(-c4ccnc(C(C)(C)C#N)c4)cnc3N)o2)cc1. The summed E-state index contributed by atoms with van der Waals surface area (Å²) in [6.07, 6.45) is 8.54. The lowest BCUT2D eigenvalue weighted by atomic mass is 9.90. The molecule has 0 spiro atoms. The van der Waals surface area contributed by atoms with Crippen molar-refractivity contribution in [2.24, 2.45) is 0 Å². The zero-order valence-electron chi connectivity index (χ0n) is 36.2. The van der Waals surface area contributed by atoms with E-state index in [2.05, 4.69) is 86.8 Å². The predicted molar refractivity (Wildman–Crippen MR) is 241 cm³/mol. The number of pyridine rings is 2. The third-order valence-electron chi connectivity index (χ3n) is 10.1. The van der Waals surface area contributed by atoms with Crippen LogP contribution in [0.4, 0.5) is 11.6 Å². The van der Waals surface area contributed by atoms with Crippen LogP contribution in [-0.2, 0) is 23.8 Å². The van der Waals surface area contributed by atoms with E-state index in [0.29, 0.717) is 45.9 Å². The van der Waals surface area contributed by atoms with Crippen LogP contribution in [-0.4, -0.2) is 57.3 Å². The van der Waals surface area contributed by atoms with Crippen molar-refractivity contribution in [2.75, 3.05) is 18.5 Å². The van der Waals surface area contributed by atoms with Crippen LogP contribution in [0.2, 0.25) is 0 Å². The lowest BCUT2D eigenvalue weighted by molar-refractivity contribution is 0.582. The molecule has 0 amide bonds. The Bertz CT molecular complexity index is 2780. The summed E-state index contributed by atoms with van der Waals surface area (Å²) in [4.78, 5) is 26.4. The molecule has 320 valence electrons. The number of hydrogen-bond acceptors (Lipinski definition) is 17. The van der Waals surface area contributed by atoms with E-state index >= 15 is 0 Å². The van der Waals surface area contributed by atoms with Gasteiger partial charge >= 0.3 is 0 Å². The molecule has 8 aromatic rings. The topological polar surface area (TPSA) is 267 Å². The van der Waals surface area contributed by atoms with Crippen molar-refractivity contribution in [3.05, 3.63) is 120 Å². The van der Waals surface area contributed by atoms with Gasteiger partial charge in [0.1, 0.15) is 0 Å². The molecule has 0 atom stereocenters. The molecule has 5 N–H and O–H groups in total. The first-order chi connectivity index (χ1) is 30.8. The average molecular weight is 852 g/mol. The molecule has 0 unspecified atom stereocenters. The molecule has 17 heteroatoms. The van der Waals surface area contributed by atoms with Crippen molar-refractivity contribution in [1.29, 1.82) is 10.5 Å². The van der Waals surface area contributed by atoms with Crippen LogP contribution < -0.4 is 16.8 Å². The van der Waals surface area contributed by atoms with Gasteiger partial charge in [-0.2, -0.15) is 10.5 Å². The Kier molecular flexibility index (Phi) is 12.8. The third-order valence-corrected chi connectivity index (χ3v) is 10.1. The van der Waals surface area contributed by atoms with E-state index in [1.807, 2.05) is 83.3 Å². The van der Waals surface area contributed by atoms with E-state index in [4.69, 9.17) is 20.3 Å². The number of aromatic nitrogens is 10. The van der Waals surface area contributed by atoms with Gasteiger partial charge in [0.25, 0.3) is 11.8 Å². The largest absolute Gasteiger partial charge is 0.414 e. The molecule has 17 nitrogen and oxygen atoms in total. The van der Waals surface area contributed by atoms with Gasteiger partial charge in [0.2, 0.25) is 11.8 Å². The molecule has 6 heterocycles. The monoisotopic (exact) mass is 851 g/mol. The van der Waals surface area contributed by atoms with Crippen LogP contribution in [0.3, 0.4) is 0 Å². The second-order valence-electron chi connectivity index (χ2n) is 15.8. The Morgan fingerprint density at radius 1 is 0.578 bits per heavy atom. The third kappa shape index (κ3) is 9.75. The quantitative estimate of drug-likeness (QED) is 0.105. The highest BCUT2D eigenvalue weighted by atomic mass is 16.4. The minimum absolute atomic E-state index is 0.179. The van der Waals surface area contributed by atoms with Crippen molar-refractivity contribution in [3.8, 4) is 80.7 Å². The van der Waals surface area contributed by atoms with Crippen LogP contribution in [0.15, 0.2) is 106 Å². The van der Waals surface area contributed by atoms with Gasteiger partial charge in [0, 0.05) is 41.2 Å². The minimum Gasteiger partial charge on any atom is -0.414 e. The molecule has 0 radical (unpaired) electrons. The second kappa shape index (κ2) is 18.8. The van der Waals surface area contributed by atoms with E-state index in [0.717, 1.165) is 47.2 Å². The summed E-state index contributed by atoms with van der Waals surface area (Å²) < 4.78 is 11.7. The second-order valence-corrected chi connectivity index (χ2v) is 15.8. The highest BCUT2D eigenvalue weighted by molar-refractivity contribution is 5.70. The van der Waals surface area contributed by atoms with Gasteiger partial charge in [0.05, 0.1) is 58.1 Å². The summed E-state index contributed by atoms with van der Waals surface area (Å²) in [6.45, 7) is 10.2. The number of benzene rings is 2. The molecular formula is C47H45N15O2. The Hall–Kier alpha value is -8.28. The van der Waals surface area contributed by atoms with Crippen LogP contribution in [0, 0.1) is 22.7 Å². The molecule has 0 aliphatic heterocycles. The zero-order chi connectivity index (χ0) is 45.4. The van der Waals surface area contributed by atoms with E-state index in [1.165, 1.54) is 5.56 Å². The van der Waals surface area contributed by atoms with E-state index < -0.39 is 10.8 Å². The Morgan fingerprint density at radius 2 is 1.00 bits per heavy atom. The number of nitrogens with zero attached hydrogens (tertiary/aromatic N) is 12. The first kappa shape index (κ1) is 43.8. The van der Waals surface area contributed by atoms with Gasteiger partial charge in [-0.05, 0) is 101 Å². The van der Waals surface area contributed by atoms with Gasteiger partial charge < -0.3 is 25.6 Å². The number of anilines is 2. The highest BCUT2D eigenvalue weighted by Crippen LogP contribution is 2.32. The maximum Gasteiger partial charge on any atom is 0.270 e. The average Bonchev–Trinajstić information content (AvgIpc) is 4.02. The van der Waals surface area contributed by atoms with E-state index in [9.17, 15) is 10.5 Å². The van der Waals surface area contributed by atoms with E-state index in [1.54, 1.807) is 36.9 Å². The van der Waals surface area contributed by atoms with Crippen molar-refractivity contribution in [1.82, 2.24) is 55.6 Å². The predicted octanol–water partition coefficient (Wildman–Crippen LogP) is 7.95. The Balaban J connectivity index is 0.000000191. The summed E-state index contributed by atoms with van der Waals surface area (Å²) in [5, 5.41) is 38.5. The zero-order valence-corrected chi connectivity index (χ0v) is 36.2. The maximum atomic E-state index is 9.41. The van der Waals surface area contributed by atoms with Crippen LogP contribution in [0.1, 0.15) is 63.6 Å². The molecule has 0 bridgehead atoms. The van der Waals surface area contributed by atoms with Crippen molar-refractivity contribution in [3.63, 3.8) is 0 Å². The fourth-order valence-corrected chi connectivity index (χ4v) is 6.31. The number of nitrogens with two attached hydrogens (primary N) is 2. The van der Waals surface area contributed by atoms with Gasteiger partial charge in [-0.25, -0.2) is 19.9 Å². The lowest BCUT2D eigenvalue weighted by Gasteiger charge is -2.15. The van der Waals surface area contributed by atoms with Crippen LogP contribution in [0.5, 0.6) is 0 Å². The van der Waals surface area contributed by atoms with Crippen molar-refractivity contribution in [2.45, 2.75) is 64.8 Å². The molecule has 0 saturated carbocycles. The molecule has 8 rings (SSSR count). The van der Waals surface area contributed by atoms with E-state index in [-0.39, 0.29) is 23.4 Å². The normalized spacial score (nSPS) is 11.3. The summed E-state index contributed by atoms with van der Waals surface area (Å²) in [5.74, 6) is 1.49. The number of nitriles is 2. The first-order valence-electron chi connectivity index (χ1n) is 20.3. The molecular weight excluding hydrogens is 807 g/mol. The maximum absolute atomic E-state index is 9.41.